The third-order valence-corrected chi connectivity index (χ3v) is 6.28. The molecule has 0 atom stereocenters. The van der Waals surface area contributed by atoms with Crippen LogP contribution in [0.1, 0.15) is 0 Å². The van der Waals surface area contributed by atoms with E-state index in [9.17, 15) is 0 Å². The van der Waals surface area contributed by atoms with Gasteiger partial charge in [0.1, 0.15) is 0 Å². The van der Waals surface area contributed by atoms with E-state index in [0.717, 1.165) is 37.3 Å². The summed E-state index contributed by atoms with van der Waals surface area (Å²) < 4.78 is 0. The summed E-state index contributed by atoms with van der Waals surface area (Å²) in [5.41, 5.74) is 3.56. The first-order valence-electron chi connectivity index (χ1n) is 8.67. The molecule has 29 heavy (non-hydrogen) atoms. The SMILES string of the molecule is CSc1cc(Sc2ccccc2[S-])[c-]c(-c2cccc(-c3ccccn3)n2)c1.[Pt+2]. The van der Waals surface area contributed by atoms with E-state index < -0.39 is 0 Å². The molecule has 4 aromatic rings. The molecule has 0 spiro atoms. The Hall–Kier alpha value is -1.65. The van der Waals surface area contributed by atoms with Gasteiger partial charge in [-0.25, -0.2) is 0 Å². The first kappa shape index (κ1) is 22.0. The average Bonchev–Trinajstić information content (AvgIpc) is 2.76. The fourth-order valence-electron chi connectivity index (χ4n) is 2.72. The summed E-state index contributed by atoms with van der Waals surface area (Å²) in [6.45, 7) is 0. The summed E-state index contributed by atoms with van der Waals surface area (Å²) in [5.74, 6) is 0. The van der Waals surface area contributed by atoms with Gasteiger partial charge >= 0.3 is 21.1 Å². The molecule has 2 aromatic carbocycles. The van der Waals surface area contributed by atoms with Crippen LogP contribution in [0.2, 0.25) is 0 Å². The van der Waals surface area contributed by atoms with E-state index in [1.807, 2.05) is 60.7 Å². The summed E-state index contributed by atoms with van der Waals surface area (Å²) in [5, 5.41) is 0. The third-order valence-electron chi connectivity index (χ3n) is 4.07. The maximum atomic E-state index is 5.45. The van der Waals surface area contributed by atoms with Crippen molar-refractivity contribution >= 4 is 36.2 Å². The Bertz CT molecular complexity index is 1100. The van der Waals surface area contributed by atoms with Gasteiger partial charge in [-0.1, -0.05) is 46.2 Å². The van der Waals surface area contributed by atoms with Gasteiger partial charge in [-0.15, -0.1) is 47.3 Å². The van der Waals surface area contributed by atoms with E-state index in [1.165, 1.54) is 4.90 Å². The van der Waals surface area contributed by atoms with Gasteiger partial charge in [-0.3, -0.25) is 9.97 Å². The topological polar surface area (TPSA) is 25.8 Å². The zero-order valence-electron chi connectivity index (χ0n) is 15.4. The minimum atomic E-state index is 0. The van der Waals surface area contributed by atoms with E-state index in [1.54, 1.807) is 29.7 Å². The zero-order valence-corrected chi connectivity index (χ0v) is 20.2. The summed E-state index contributed by atoms with van der Waals surface area (Å²) in [6, 6.07) is 27.6. The quantitative estimate of drug-likeness (QED) is 0.148. The van der Waals surface area contributed by atoms with Gasteiger partial charge in [-0.05, 0) is 41.1 Å². The molecule has 2 heterocycles. The Labute approximate surface area is 199 Å². The molecule has 2 nitrogen and oxygen atoms in total. The molecule has 0 aliphatic carbocycles. The van der Waals surface area contributed by atoms with Crippen LogP contribution in [-0.2, 0) is 33.7 Å². The van der Waals surface area contributed by atoms with Gasteiger partial charge in [0.05, 0.1) is 11.4 Å². The number of hydrogen-bond donors (Lipinski definition) is 0. The van der Waals surface area contributed by atoms with Crippen LogP contribution in [0.25, 0.3) is 22.6 Å². The second kappa shape index (κ2) is 10.4. The normalized spacial score (nSPS) is 10.4. The average molecular weight is 612 g/mol. The fraction of sp³-hybridized carbons (Fsp3) is 0.0435. The van der Waals surface area contributed by atoms with Crippen LogP contribution >= 0.6 is 23.5 Å². The van der Waals surface area contributed by atoms with Crippen LogP contribution in [0, 0.1) is 6.07 Å². The molecule has 0 saturated heterocycles. The van der Waals surface area contributed by atoms with E-state index >= 15 is 0 Å². The van der Waals surface area contributed by atoms with E-state index in [2.05, 4.69) is 29.4 Å². The Kier molecular flexibility index (Phi) is 7.90. The van der Waals surface area contributed by atoms with E-state index in [4.69, 9.17) is 17.6 Å². The molecule has 0 unspecified atom stereocenters. The van der Waals surface area contributed by atoms with E-state index in [0.29, 0.717) is 0 Å². The van der Waals surface area contributed by atoms with Crippen molar-refractivity contribution in [3.05, 3.63) is 85.1 Å². The van der Waals surface area contributed by atoms with Crippen LogP contribution in [0.3, 0.4) is 0 Å². The van der Waals surface area contributed by atoms with Gasteiger partial charge in [0.15, 0.2) is 0 Å². The molecule has 0 N–H and O–H groups in total. The molecule has 6 heteroatoms. The van der Waals surface area contributed by atoms with Crippen LogP contribution in [-0.4, -0.2) is 16.2 Å². The molecule has 0 aliphatic rings. The molecule has 0 bridgehead atoms. The number of nitrogens with zero attached hydrogens (tertiary/aromatic N) is 2. The number of benzene rings is 2. The molecule has 0 aliphatic heterocycles. The smallest absolute Gasteiger partial charge is 0.779 e. The molecule has 0 saturated carbocycles. The fourth-order valence-corrected chi connectivity index (χ4v) is 4.44. The number of aromatic nitrogens is 2. The number of thioether (sulfide) groups is 1. The monoisotopic (exact) mass is 611 g/mol. The summed E-state index contributed by atoms with van der Waals surface area (Å²) >= 11 is 8.80. The van der Waals surface area contributed by atoms with Gasteiger partial charge in [0.25, 0.3) is 0 Å². The summed E-state index contributed by atoms with van der Waals surface area (Å²) in [6.07, 6.45) is 3.86. The van der Waals surface area contributed by atoms with Crippen molar-refractivity contribution in [2.45, 2.75) is 19.6 Å². The molecule has 146 valence electrons. The molecule has 4 rings (SSSR count). The van der Waals surface area contributed by atoms with Gasteiger partial charge < -0.3 is 12.6 Å². The third kappa shape index (κ3) is 5.49. The summed E-state index contributed by atoms with van der Waals surface area (Å²) in [4.78, 5) is 13.3. The molecular formula is C23H16N2PtS3. The van der Waals surface area contributed by atoms with Crippen LogP contribution in [0.5, 0.6) is 0 Å². The van der Waals surface area contributed by atoms with Crippen LogP contribution in [0.4, 0.5) is 0 Å². The maximum Gasteiger partial charge on any atom is 2.00 e. The number of hydrogen-bond acceptors (Lipinski definition) is 5. The standard InChI is InChI=1S/C23H17N2S3.Pt/c1-27-17-13-16(14-18(15-17)28-23-11-3-2-10-22(23)26)19-8-6-9-21(25-19)20-7-4-5-12-24-20;/h2-13,15,26H,1H3;/q-1;+2/p-1. The van der Waals surface area contributed by atoms with Crippen LogP contribution in [0.15, 0.2) is 98.6 Å². The maximum absolute atomic E-state index is 5.45. The van der Waals surface area contributed by atoms with Crippen LogP contribution < -0.4 is 0 Å². The zero-order chi connectivity index (χ0) is 19.3. The molecular weight excluding hydrogens is 596 g/mol. The predicted octanol–water partition coefficient (Wildman–Crippen LogP) is 6.39. The first-order valence-corrected chi connectivity index (χ1v) is 11.1. The molecule has 0 radical (unpaired) electrons. The Morgan fingerprint density at radius 3 is 2.38 bits per heavy atom. The molecule has 2 aromatic heterocycles. The summed E-state index contributed by atoms with van der Waals surface area (Å²) in [7, 11) is 0. The minimum Gasteiger partial charge on any atom is -0.779 e. The second-order valence-electron chi connectivity index (χ2n) is 5.97. The van der Waals surface area contributed by atoms with Crippen molar-refractivity contribution in [3.63, 3.8) is 0 Å². The minimum absolute atomic E-state index is 0. The Morgan fingerprint density at radius 1 is 0.862 bits per heavy atom. The van der Waals surface area contributed by atoms with Gasteiger partial charge in [-0.2, -0.15) is 4.90 Å². The van der Waals surface area contributed by atoms with Crippen molar-refractivity contribution in [2.24, 2.45) is 0 Å². The largest absolute Gasteiger partial charge is 2.00 e. The number of pyridine rings is 2. The first-order chi connectivity index (χ1) is 13.7. The Morgan fingerprint density at radius 2 is 1.62 bits per heavy atom. The van der Waals surface area contributed by atoms with Gasteiger partial charge in [0.2, 0.25) is 0 Å². The Balaban J connectivity index is 0.00000240. The van der Waals surface area contributed by atoms with E-state index in [-0.39, 0.29) is 21.1 Å². The van der Waals surface area contributed by atoms with Crippen molar-refractivity contribution in [1.82, 2.24) is 9.97 Å². The van der Waals surface area contributed by atoms with Crippen molar-refractivity contribution in [3.8, 4) is 22.6 Å². The molecule has 0 fully saturated rings. The predicted molar refractivity (Wildman–Crippen MR) is 120 cm³/mol. The molecule has 0 amide bonds. The van der Waals surface area contributed by atoms with Crippen molar-refractivity contribution < 1.29 is 21.1 Å². The van der Waals surface area contributed by atoms with Crippen molar-refractivity contribution in [1.29, 1.82) is 0 Å². The number of rotatable bonds is 5. The second-order valence-corrected chi connectivity index (χ2v) is 8.37. The van der Waals surface area contributed by atoms with Crippen molar-refractivity contribution in [2.75, 3.05) is 6.26 Å². The van der Waals surface area contributed by atoms with Gasteiger partial charge in [0, 0.05) is 6.20 Å².